The lowest BCUT2D eigenvalue weighted by Crippen LogP contribution is -2.35. The Bertz CT molecular complexity index is 1450. The number of aliphatic hydroxyl groups excluding tert-OH is 1. The number of fused-ring (bicyclic) bond motifs is 1. The first-order chi connectivity index (χ1) is 19.4. The van der Waals surface area contributed by atoms with Crippen LogP contribution in [0.1, 0.15) is 38.7 Å². The number of rotatable bonds is 14. The van der Waals surface area contributed by atoms with Gasteiger partial charge in [0.25, 0.3) is 0 Å². The third-order valence-electron chi connectivity index (χ3n) is 7.20. The van der Waals surface area contributed by atoms with Crippen LogP contribution in [-0.2, 0) is 11.2 Å². The van der Waals surface area contributed by atoms with Gasteiger partial charge >= 0.3 is 0 Å². The van der Waals surface area contributed by atoms with Gasteiger partial charge in [0.2, 0.25) is 5.88 Å². The highest BCUT2D eigenvalue weighted by molar-refractivity contribution is 5.87. The van der Waals surface area contributed by atoms with Crippen LogP contribution in [0.3, 0.4) is 0 Å². The van der Waals surface area contributed by atoms with Gasteiger partial charge in [-0.2, -0.15) is 0 Å². The fourth-order valence-corrected chi connectivity index (χ4v) is 4.68. The summed E-state index contributed by atoms with van der Waals surface area (Å²) in [7, 11) is 0. The van der Waals surface area contributed by atoms with E-state index in [1.54, 1.807) is 12.1 Å². The van der Waals surface area contributed by atoms with Gasteiger partial charge < -0.3 is 24.5 Å². The number of carbonyl (C=O) groups is 1. The van der Waals surface area contributed by atoms with E-state index in [0.717, 1.165) is 37.2 Å². The number of nitrogens with zero attached hydrogens (tertiary/aromatic N) is 3. The predicted molar refractivity (Wildman–Crippen MR) is 151 cm³/mol. The van der Waals surface area contributed by atoms with E-state index >= 15 is 0 Å². The topological polar surface area (TPSA) is 101 Å². The molecule has 210 valence electrons. The van der Waals surface area contributed by atoms with Crippen LogP contribution in [0.25, 0.3) is 22.3 Å². The molecule has 1 fully saturated rings. The zero-order chi connectivity index (χ0) is 28.1. The van der Waals surface area contributed by atoms with Crippen LogP contribution in [0, 0.1) is 11.7 Å². The van der Waals surface area contributed by atoms with E-state index in [0.29, 0.717) is 52.9 Å². The van der Waals surface area contributed by atoms with Crippen molar-refractivity contribution in [3.63, 3.8) is 0 Å². The highest BCUT2D eigenvalue weighted by Gasteiger charge is 2.24. The van der Waals surface area contributed by atoms with Crippen LogP contribution in [0.2, 0.25) is 0 Å². The van der Waals surface area contributed by atoms with Crippen LogP contribution in [0.5, 0.6) is 17.4 Å². The Labute approximate surface area is 233 Å². The molecule has 1 aliphatic rings. The second-order valence-corrected chi connectivity index (χ2v) is 10.3. The monoisotopic (exact) mass is 546 g/mol. The number of H-pyrrole nitrogens is 1. The zero-order valence-corrected chi connectivity index (χ0v) is 22.9. The molecule has 8 nitrogen and oxygen atoms in total. The molecule has 40 heavy (non-hydrogen) atoms. The Kier molecular flexibility index (Phi) is 8.72. The van der Waals surface area contributed by atoms with E-state index in [2.05, 4.69) is 33.7 Å². The number of ketones is 1. The number of halogens is 1. The van der Waals surface area contributed by atoms with E-state index in [1.165, 1.54) is 12.4 Å². The standard InChI is InChI=1S/C31H35FN4O4/c1-3-36(4-2)17-24(38)18-39-25-10-7-21(8-11-25)29-16-27-30(35-29)33-19-34-31(27)40-26-12-9-22(28(32)15-26)14-23(37)13-20-5-6-20/h7-12,15-16,19-20,24,38H,3-6,13-14,17-18H2,1-2H3,(H,33,34,35)/t24-/m1/s1. The zero-order valence-electron chi connectivity index (χ0n) is 22.9. The Morgan fingerprint density at radius 3 is 2.55 bits per heavy atom. The molecular weight excluding hydrogens is 511 g/mol. The third-order valence-corrected chi connectivity index (χ3v) is 7.20. The molecule has 2 aromatic carbocycles. The molecule has 5 rings (SSSR count). The summed E-state index contributed by atoms with van der Waals surface area (Å²) in [5.41, 5.74) is 2.68. The second-order valence-electron chi connectivity index (χ2n) is 10.3. The van der Waals surface area contributed by atoms with E-state index in [4.69, 9.17) is 9.47 Å². The van der Waals surface area contributed by atoms with Crippen LogP contribution >= 0.6 is 0 Å². The summed E-state index contributed by atoms with van der Waals surface area (Å²) in [5, 5.41) is 10.9. The van der Waals surface area contributed by atoms with E-state index in [-0.39, 0.29) is 18.8 Å². The van der Waals surface area contributed by atoms with Gasteiger partial charge in [0.1, 0.15) is 47.8 Å². The van der Waals surface area contributed by atoms with E-state index < -0.39 is 11.9 Å². The molecule has 2 heterocycles. The summed E-state index contributed by atoms with van der Waals surface area (Å²) in [6, 6.07) is 14.0. The van der Waals surface area contributed by atoms with Gasteiger partial charge in [-0.3, -0.25) is 4.79 Å². The minimum atomic E-state index is -0.565. The fraction of sp³-hybridized carbons (Fsp3) is 0.387. The molecule has 0 unspecified atom stereocenters. The third kappa shape index (κ3) is 7.03. The first-order valence-electron chi connectivity index (χ1n) is 13.9. The number of Topliss-reactive ketones (excluding diaryl/α,β-unsaturated/α-hetero) is 1. The number of ether oxygens (including phenoxy) is 2. The van der Waals surface area contributed by atoms with Gasteiger partial charge in [0.15, 0.2) is 0 Å². The molecule has 4 aromatic rings. The van der Waals surface area contributed by atoms with Gasteiger partial charge in [-0.15, -0.1) is 0 Å². The quantitative estimate of drug-likeness (QED) is 0.214. The number of nitrogens with one attached hydrogen (secondary N) is 1. The Hall–Kier alpha value is -3.82. The molecule has 1 atom stereocenters. The number of hydrogen-bond acceptors (Lipinski definition) is 7. The molecule has 0 radical (unpaired) electrons. The van der Waals surface area contributed by atoms with Crippen molar-refractivity contribution in [3.05, 3.63) is 66.2 Å². The fourth-order valence-electron chi connectivity index (χ4n) is 4.68. The molecule has 1 aliphatic carbocycles. The number of aliphatic hydroxyl groups is 1. The number of carbonyl (C=O) groups excluding carboxylic acids is 1. The maximum Gasteiger partial charge on any atom is 0.231 e. The van der Waals surface area contributed by atoms with E-state index in [9.17, 15) is 14.3 Å². The van der Waals surface area contributed by atoms with Gasteiger partial charge in [-0.1, -0.05) is 19.9 Å². The lowest BCUT2D eigenvalue weighted by Gasteiger charge is -2.21. The molecule has 0 aliphatic heterocycles. The first kappa shape index (κ1) is 27.7. The lowest BCUT2D eigenvalue weighted by atomic mass is 10.0. The highest BCUT2D eigenvalue weighted by Crippen LogP contribution is 2.34. The molecule has 0 spiro atoms. The summed E-state index contributed by atoms with van der Waals surface area (Å²) >= 11 is 0. The first-order valence-corrected chi connectivity index (χ1v) is 13.9. The Morgan fingerprint density at radius 1 is 1.10 bits per heavy atom. The van der Waals surface area contributed by atoms with Crippen molar-refractivity contribution in [1.29, 1.82) is 0 Å². The summed E-state index contributed by atoms with van der Waals surface area (Å²) in [6.45, 7) is 6.70. The molecule has 9 heteroatoms. The van der Waals surface area contributed by atoms with Crippen molar-refractivity contribution in [3.8, 4) is 28.6 Å². The summed E-state index contributed by atoms with van der Waals surface area (Å²) in [5.74, 6) is 1.35. The average Bonchev–Trinajstić information content (AvgIpc) is 3.66. The van der Waals surface area contributed by atoms with Gasteiger partial charge in [-0.05, 0) is 79.4 Å². The van der Waals surface area contributed by atoms with Crippen molar-refractivity contribution in [2.24, 2.45) is 5.92 Å². The van der Waals surface area contributed by atoms with Crippen molar-refractivity contribution >= 4 is 16.8 Å². The maximum absolute atomic E-state index is 14.7. The van der Waals surface area contributed by atoms with Crippen molar-refractivity contribution < 1.29 is 23.8 Å². The summed E-state index contributed by atoms with van der Waals surface area (Å²) < 4.78 is 26.4. The molecule has 0 saturated heterocycles. The molecule has 2 N–H and O–H groups in total. The minimum Gasteiger partial charge on any atom is -0.491 e. The largest absolute Gasteiger partial charge is 0.491 e. The highest BCUT2D eigenvalue weighted by atomic mass is 19.1. The van der Waals surface area contributed by atoms with Crippen LogP contribution < -0.4 is 9.47 Å². The smallest absolute Gasteiger partial charge is 0.231 e. The minimum absolute atomic E-state index is 0.0694. The number of benzene rings is 2. The average molecular weight is 547 g/mol. The van der Waals surface area contributed by atoms with Crippen molar-refractivity contribution in [2.75, 3.05) is 26.2 Å². The Morgan fingerprint density at radius 2 is 1.85 bits per heavy atom. The molecule has 2 aromatic heterocycles. The number of aromatic amines is 1. The number of aromatic nitrogens is 3. The van der Waals surface area contributed by atoms with Gasteiger partial charge in [-0.25, -0.2) is 14.4 Å². The summed E-state index contributed by atoms with van der Waals surface area (Å²) in [4.78, 5) is 26.2. The summed E-state index contributed by atoms with van der Waals surface area (Å²) in [6.07, 6.45) is 3.64. The maximum atomic E-state index is 14.7. The van der Waals surface area contributed by atoms with Crippen LogP contribution in [0.15, 0.2) is 54.9 Å². The van der Waals surface area contributed by atoms with Crippen LogP contribution in [-0.4, -0.2) is 63.1 Å². The lowest BCUT2D eigenvalue weighted by molar-refractivity contribution is -0.118. The van der Waals surface area contributed by atoms with Gasteiger partial charge in [0, 0.05) is 31.1 Å². The van der Waals surface area contributed by atoms with Crippen molar-refractivity contribution in [2.45, 2.75) is 45.6 Å². The van der Waals surface area contributed by atoms with Crippen LogP contribution in [0.4, 0.5) is 4.39 Å². The SMILES string of the molecule is CCN(CC)C[C@@H](O)COc1ccc(-c2cc3c(Oc4ccc(CC(=O)CC5CC5)c(F)c4)ncnc3[nH]2)cc1. The van der Waals surface area contributed by atoms with Crippen molar-refractivity contribution in [1.82, 2.24) is 19.9 Å². The van der Waals surface area contributed by atoms with E-state index in [1.807, 2.05) is 30.3 Å². The normalized spacial score (nSPS) is 14.0. The van der Waals surface area contributed by atoms with Gasteiger partial charge in [0.05, 0.1) is 5.39 Å². The number of hydrogen-bond donors (Lipinski definition) is 2. The predicted octanol–water partition coefficient (Wildman–Crippen LogP) is 5.55. The second kappa shape index (κ2) is 12.6. The molecule has 0 bridgehead atoms. The number of likely N-dealkylation sites (N-methyl/N-ethyl adjacent to an activating group) is 1. The molecule has 0 amide bonds. The molecule has 1 saturated carbocycles. The molecular formula is C31H35FN4O4. The Balaban J connectivity index is 1.24.